The summed E-state index contributed by atoms with van der Waals surface area (Å²) in [6.07, 6.45) is 12.9. The Bertz CT molecular complexity index is 558. The Morgan fingerprint density at radius 1 is 1.30 bits per heavy atom. The van der Waals surface area contributed by atoms with Crippen LogP contribution in [-0.4, -0.2) is 20.4 Å². The van der Waals surface area contributed by atoms with Gasteiger partial charge in [-0.1, -0.05) is 25.7 Å². The van der Waals surface area contributed by atoms with Crippen molar-refractivity contribution in [3.05, 3.63) is 24.3 Å². The number of halogens is 1. The van der Waals surface area contributed by atoms with Crippen LogP contribution in [-0.2, 0) is 13.0 Å². The number of rotatable bonds is 6. The summed E-state index contributed by atoms with van der Waals surface area (Å²) in [6.45, 7) is 1.06. The number of hydrogen-bond donors (Lipinski definition) is 0. The summed E-state index contributed by atoms with van der Waals surface area (Å²) in [5.74, 6) is 2.69. The lowest BCUT2D eigenvalue weighted by Gasteiger charge is -2.11. The lowest BCUT2D eigenvalue weighted by Crippen LogP contribution is -2.06. The summed E-state index contributed by atoms with van der Waals surface area (Å²) >= 11 is 5.90. The van der Waals surface area contributed by atoms with Crippen LogP contribution in [0.15, 0.2) is 18.5 Å². The molecule has 108 valence electrons. The topological polar surface area (TPSA) is 30.7 Å². The summed E-state index contributed by atoms with van der Waals surface area (Å²) in [5.41, 5.74) is 2.19. The summed E-state index contributed by atoms with van der Waals surface area (Å²) < 4.78 is 2.34. The fourth-order valence-corrected chi connectivity index (χ4v) is 3.56. The molecule has 1 fully saturated rings. The quantitative estimate of drug-likeness (QED) is 0.747. The maximum atomic E-state index is 5.90. The van der Waals surface area contributed by atoms with Crippen LogP contribution in [0.4, 0.5) is 0 Å². The van der Waals surface area contributed by atoms with Gasteiger partial charge in [0.15, 0.2) is 0 Å². The van der Waals surface area contributed by atoms with Crippen molar-refractivity contribution in [1.29, 1.82) is 0 Å². The van der Waals surface area contributed by atoms with Gasteiger partial charge in [-0.3, -0.25) is 4.98 Å². The Hall–Kier alpha value is -1.09. The van der Waals surface area contributed by atoms with Crippen molar-refractivity contribution in [3.63, 3.8) is 0 Å². The highest BCUT2D eigenvalue weighted by molar-refractivity contribution is 6.17. The van der Waals surface area contributed by atoms with E-state index in [0.717, 1.165) is 30.2 Å². The number of fused-ring (bicyclic) bond motifs is 1. The lowest BCUT2D eigenvalue weighted by atomic mass is 10.0. The van der Waals surface area contributed by atoms with E-state index in [1.54, 1.807) is 0 Å². The zero-order valence-electron chi connectivity index (χ0n) is 11.9. The maximum absolute atomic E-state index is 5.90. The van der Waals surface area contributed by atoms with Gasteiger partial charge < -0.3 is 4.57 Å². The van der Waals surface area contributed by atoms with E-state index in [0.29, 0.717) is 5.88 Å². The number of aryl methyl sites for hydroxylation is 2. The molecule has 1 saturated carbocycles. The average Bonchev–Trinajstić information content (AvgIpc) is 3.08. The normalized spacial score (nSPS) is 16.2. The number of aromatic nitrogens is 3. The van der Waals surface area contributed by atoms with Gasteiger partial charge in [0.25, 0.3) is 0 Å². The Kier molecular flexibility index (Phi) is 4.56. The molecule has 20 heavy (non-hydrogen) atoms. The number of imidazole rings is 1. The first-order valence-electron chi connectivity index (χ1n) is 7.73. The molecule has 4 heteroatoms. The summed E-state index contributed by atoms with van der Waals surface area (Å²) in [4.78, 5) is 8.83. The van der Waals surface area contributed by atoms with E-state index in [1.807, 2.05) is 12.4 Å². The third-order valence-electron chi connectivity index (χ3n) is 4.42. The van der Waals surface area contributed by atoms with Crippen LogP contribution in [0.25, 0.3) is 11.0 Å². The van der Waals surface area contributed by atoms with Gasteiger partial charge in [0.2, 0.25) is 0 Å². The zero-order valence-corrected chi connectivity index (χ0v) is 12.6. The fourth-order valence-electron chi connectivity index (χ4n) is 3.39. The molecule has 0 N–H and O–H groups in total. The molecule has 1 aliphatic rings. The van der Waals surface area contributed by atoms with Gasteiger partial charge in [0, 0.05) is 25.0 Å². The molecular formula is C16H22ClN3. The van der Waals surface area contributed by atoms with Gasteiger partial charge in [0.05, 0.1) is 11.7 Å². The van der Waals surface area contributed by atoms with Crippen molar-refractivity contribution in [2.24, 2.45) is 5.92 Å². The molecule has 0 bridgehead atoms. The maximum Gasteiger partial charge on any atom is 0.111 e. The minimum atomic E-state index is 0.624. The van der Waals surface area contributed by atoms with Crippen molar-refractivity contribution < 1.29 is 0 Å². The number of nitrogens with zero attached hydrogens (tertiary/aromatic N) is 3. The Morgan fingerprint density at radius 3 is 2.95 bits per heavy atom. The predicted octanol–water partition coefficient (Wildman–Crippen LogP) is 4.18. The van der Waals surface area contributed by atoms with Crippen molar-refractivity contribution in [1.82, 2.24) is 14.5 Å². The van der Waals surface area contributed by atoms with Crippen LogP contribution < -0.4 is 0 Å². The third-order valence-corrected chi connectivity index (χ3v) is 4.61. The second kappa shape index (κ2) is 6.57. The number of hydrogen-bond acceptors (Lipinski definition) is 2. The van der Waals surface area contributed by atoms with Gasteiger partial charge in [-0.05, 0) is 24.8 Å². The molecule has 0 aliphatic heterocycles. The average molecular weight is 292 g/mol. The van der Waals surface area contributed by atoms with Gasteiger partial charge >= 0.3 is 0 Å². The van der Waals surface area contributed by atoms with Crippen LogP contribution in [0.5, 0.6) is 0 Å². The van der Waals surface area contributed by atoms with E-state index in [4.69, 9.17) is 11.6 Å². The van der Waals surface area contributed by atoms with E-state index in [-0.39, 0.29) is 0 Å². The minimum Gasteiger partial charge on any atom is -0.328 e. The molecule has 0 atom stereocenters. The minimum absolute atomic E-state index is 0.624. The smallest absolute Gasteiger partial charge is 0.111 e. The largest absolute Gasteiger partial charge is 0.328 e. The number of alkyl halides is 1. The number of pyridine rings is 1. The van der Waals surface area contributed by atoms with Crippen molar-refractivity contribution >= 4 is 22.6 Å². The first-order chi connectivity index (χ1) is 9.88. The zero-order chi connectivity index (χ0) is 13.8. The molecule has 0 amide bonds. The highest BCUT2D eigenvalue weighted by atomic mass is 35.5. The van der Waals surface area contributed by atoms with Crippen LogP contribution >= 0.6 is 11.6 Å². The van der Waals surface area contributed by atoms with Gasteiger partial charge in [0.1, 0.15) is 11.3 Å². The lowest BCUT2D eigenvalue weighted by molar-refractivity contribution is 0.458. The summed E-state index contributed by atoms with van der Waals surface area (Å²) in [5, 5.41) is 0. The van der Waals surface area contributed by atoms with Crippen LogP contribution in [0.3, 0.4) is 0 Å². The van der Waals surface area contributed by atoms with E-state index in [1.165, 1.54) is 44.0 Å². The second-order valence-electron chi connectivity index (χ2n) is 5.78. The van der Waals surface area contributed by atoms with Crippen molar-refractivity contribution in [3.8, 4) is 0 Å². The molecule has 1 aliphatic carbocycles. The van der Waals surface area contributed by atoms with Gasteiger partial charge in [-0.2, -0.15) is 0 Å². The molecule has 2 heterocycles. The molecular weight excluding hydrogens is 270 g/mol. The third kappa shape index (κ3) is 2.98. The first kappa shape index (κ1) is 13.9. The van der Waals surface area contributed by atoms with Crippen LogP contribution in [0.1, 0.15) is 44.3 Å². The van der Waals surface area contributed by atoms with Crippen LogP contribution in [0.2, 0.25) is 0 Å². The summed E-state index contributed by atoms with van der Waals surface area (Å²) in [7, 11) is 0. The van der Waals surface area contributed by atoms with Crippen LogP contribution in [0, 0.1) is 5.92 Å². The molecule has 0 saturated heterocycles. The molecule has 0 radical (unpaired) electrons. The highest BCUT2D eigenvalue weighted by Crippen LogP contribution is 2.29. The predicted molar refractivity (Wildman–Crippen MR) is 83.1 cm³/mol. The Morgan fingerprint density at radius 2 is 2.15 bits per heavy atom. The van der Waals surface area contributed by atoms with Gasteiger partial charge in [-0.25, -0.2) is 4.98 Å². The highest BCUT2D eigenvalue weighted by Gasteiger charge is 2.15. The Balaban J connectivity index is 1.72. The Labute approximate surface area is 125 Å². The second-order valence-corrected chi connectivity index (χ2v) is 6.15. The molecule has 2 aromatic heterocycles. The molecule has 2 aromatic rings. The summed E-state index contributed by atoms with van der Waals surface area (Å²) in [6, 6.07) is 2.07. The van der Waals surface area contributed by atoms with E-state index in [2.05, 4.69) is 20.6 Å². The molecule has 0 unspecified atom stereocenters. The van der Waals surface area contributed by atoms with Crippen molar-refractivity contribution in [2.45, 2.75) is 51.5 Å². The monoisotopic (exact) mass is 291 g/mol. The molecule has 0 spiro atoms. The van der Waals surface area contributed by atoms with Gasteiger partial charge in [-0.15, -0.1) is 11.6 Å². The van der Waals surface area contributed by atoms with Crippen molar-refractivity contribution in [2.75, 3.05) is 5.88 Å². The molecule has 3 nitrogen and oxygen atoms in total. The van der Waals surface area contributed by atoms with E-state index >= 15 is 0 Å². The van der Waals surface area contributed by atoms with E-state index < -0.39 is 0 Å². The SMILES string of the molecule is ClCCc1nc2cnccc2n1CCCC1CCCC1. The first-order valence-corrected chi connectivity index (χ1v) is 8.27. The fraction of sp³-hybridized carbons (Fsp3) is 0.625. The standard InChI is InChI=1S/C16H22ClN3/c17-9-7-16-19-14-12-18-10-8-15(14)20(16)11-3-6-13-4-1-2-5-13/h8,10,12-13H,1-7,9,11H2. The molecule has 3 rings (SSSR count). The molecule has 0 aromatic carbocycles. The van der Waals surface area contributed by atoms with E-state index in [9.17, 15) is 0 Å².